The fourth-order valence-electron chi connectivity index (χ4n) is 3.69. The molecule has 0 radical (unpaired) electrons. The van der Waals surface area contributed by atoms with Crippen LogP contribution in [0.3, 0.4) is 0 Å². The van der Waals surface area contributed by atoms with Crippen molar-refractivity contribution in [1.82, 2.24) is 24.9 Å². The van der Waals surface area contributed by atoms with Crippen LogP contribution >= 0.6 is 0 Å². The standard InChI is InChI=1S/C10H11NO.2C9H13N.C7H10N2/c1-7(2)10-5-8-6-11-4-3-9(8)12-10;2*1-7(2)9-4-5-10-8(3)6-9;1-6(2)7-3-4-8-5-9-7/h3-7H,1-2H3;2*4-7H,1-3H3;3-6H,1-2H3. The van der Waals surface area contributed by atoms with Gasteiger partial charge in [0.2, 0.25) is 0 Å². The van der Waals surface area contributed by atoms with E-state index in [4.69, 9.17) is 4.42 Å². The van der Waals surface area contributed by atoms with Gasteiger partial charge in [-0.05, 0) is 85.2 Å². The van der Waals surface area contributed by atoms with Gasteiger partial charge < -0.3 is 4.42 Å². The van der Waals surface area contributed by atoms with Gasteiger partial charge >= 0.3 is 0 Å². The van der Waals surface area contributed by atoms with Crippen LogP contribution in [0.15, 0.2) is 84.2 Å². The molecule has 0 aromatic carbocycles. The third-order valence-corrected chi connectivity index (χ3v) is 6.28. The normalized spacial score (nSPS) is 10.6. The first-order valence-corrected chi connectivity index (χ1v) is 14.4. The second kappa shape index (κ2) is 17.0. The molecule has 0 aliphatic heterocycles. The van der Waals surface area contributed by atoms with Gasteiger partial charge in [0.1, 0.15) is 17.7 Å². The van der Waals surface area contributed by atoms with E-state index in [0.29, 0.717) is 23.7 Å². The molecule has 0 aliphatic carbocycles. The van der Waals surface area contributed by atoms with Crippen LogP contribution in [0.5, 0.6) is 0 Å². The Hall–Kier alpha value is -3.93. The lowest BCUT2D eigenvalue weighted by molar-refractivity contribution is 0.521. The number of hydrogen-bond acceptors (Lipinski definition) is 6. The van der Waals surface area contributed by atoms with E-state index >= 15 is 0 Å². The summed E-state index contributed by atoms with van der Waals surface area (Å²) in [7, 11) is 0. The Labute approximate surface area is 246 Å². The fraction of sp³-hybridized carbons (Fsp3) is 0.400. The molecule has 6 heteroatoms. The molecule has 0 amide bonds. The smallest absolute Gasteiger partial charge is 0.137 e. The van der Waals surface area contributed by atoms with Crippen molar-refractivity contribution in [2.24, 2.45) is 0 Å². The number of aryl methyl sites for hydroxylation is 2. The summed E-state index contributed by atoms with van der Waals surface area (Å²) in [6.45, 7) is 21.3. The van der Waals surface area contributed by atoms with Crippen LogP contribution in [0.1, 0.15) is 113 Å². The van der Waals surface area contributed by atoms with Gasteiger partial charge in [-0.3, -0.25) is 15.0 Å². The second-order valence-corrected chi connectivity index (χ2v) is 11.3. The Bertz CT molecular complexity index is 1340. The number of nitrogens with zero attached hydrogens (tertiary/aromatic N) is 5. The van der Waals surface area contributed by atoms with Crippen molar-refractivity contribution in [1.29, 1.82) is 0 Å². The highest BCUT2D eigenvalue weighted by atomic mass is 16.3. The topological polar surface area (TPSA) is 77.6 Å². The molecule has 5 heterocycles. The molecule has 0 spiro atoms. The average Bonchev–Trinajstić information content (AvgIpc) is 3.40. The zero-order valence-electron chi connectivity index (χ0n) is 26.5. The highest BCUT2D eigenvalue weighted by Crippen LogP contribution is 2.23. The van der Waals surface area contributed by atoms with Crippen LogP contribution in [0.4, 0.5) is 0 Å². The van der Waals surface area contributed by atoms with E-state index in [9.17, 15) is 0 Å². The molecule has 5 aromatic rings. The maximum atomic E-state index is 5.59. The largest absolute Gasteiger partial charge is 0.461 e. The van der Waals surface area contributed by atoms with Crippen molar-refractivity contribution in [3.8, 4) is 0 Å². The van der Waals surface area contributed by atoms with Crippen LogP contribution in [0, 0.1) is 13.8 Å². The van der Waals surface area contributed by atoms with Gasteiger partial charge in [0.25, 0.3) is 0 Å². The van der Waals surface area contributed by atoms with Crippen molar-refractivity contribution in [3.63, 3.8) is 0 Å². The summed E-state index contributed by atoms with van der Waals surface area (Å²) < 4.78 is 5.59. The summed E-state index contributed by atoms with van der Waals surface area (Å²) in [5.74, 6) is 3.20. The van der Waals surface area contributed by atoms with E-state index in [2.05, 4.69) is 105 Å². The van der Waals surface area contributed by atoms with E-state index < -0.39 is 0 Å². The van der Waals surface area contributed by atoms with Gasteiger partial charge in [-0.15, -0.1) is 0 Å². The molecule has 5 rings (SSSR count). The predicted octanol–water partition coefficient (Wildman–Crippen LogP) is 9.58. The predicted molar refractivity (Wildman–Crippen MR) is 170 cm³/mol. The molecule has 0 atom stereocenters. The van der Waals surface area contributed by atoms with Gasteiger partial charge in [-0.2, -0.15) is 0 Å². The Morgan fingerprint density at radius 3 is 1.49 bits per heavy atom. The van der Waals surface area contributed by atoms with Crippen LogP contribution in [0.2, 0.25) is 0 Å². The molecule has 0 saturated heterocycles. The summed E-state index contributed by atoms with van der Waals surface area (Å²) in [6, 6.07) is 14.3. The van der Waals surface area contributed by atoms with E-state index in [1.165, 1.54) is 11.1 Å². The minimum atomic E-state index is 0.442. The average molecular weight is 554 g/mol. The molecule has 0 N–H and O–H groups in total. The Kier molecular flexibility index (Phi) is 13.8. The molecule has 0 saturated carbocycles. The third-order valence-electron chi connectivity index (χ3n) is 6.28. The van der Waals surface area contributed by atoms with Crippen LogP contribution in [-0.4, -0.2) is 24.9 Å². The van der Waals surface area contributed by atoms with Gasteiger partial charge in [0.05, 0.1) is 0 Å². The first-order chi connectivity index (χ1) is 19.5. The number of hydrogen-bond donors (Lipinski definition) is 0. The first kappa shape index (κ1) is 33.3. The molecule has 0 fully saturated rings. The fourth-order valence-corrected chi connectivity index (χ4v) is 3.69. The molecular weight excluding hydrogens is 506 g/mol. The number of pyridine rings is 3. The lowest BCUT2D eigenvalue weighted by Crippen LogP contribution is -1.90. The quantitative estimate of drug-likeness (QED) is 0.220. The van der Waals surface area contributed by atoms with E-state index in [1.54, 1.807) is 18.7 Å². The summed E-state index contributed by atoms with van der Waals surface area (Å²) in [4.78, 5) is 20.2. The van der Waals surface area contributed by atoms with E-state index in [0.717, 1.165) is 33.8 Å². The maximum Gasteiger partial charge on any atom is 0.137 e. The van der Waals surface area contributed by atoms with Crippen molar-refractivity contribution < 1.29 is 4.42 Å². The number of fused-ring (bicyclic) bond motifs is 1. The minimum Gasteiger partial charge on any atom is -0.461 e. The van der Waals surface area contributed by atoms with Gasteiger partial charge in [0, 0.05) is 59.4 Å². The molecule has 0 bridgehead atoms. The van der Waals surface area contributed by atoms with Gasteiger partial charge in [-0.1, -0.05) is 55.4 Å². The summed E-state index contributed by atoms with van der Waals surface area (Å²) in [5.41, 5.74) is 6.97. The zero-order chi connectivity index (χ0) is 30.4. The van der Waals surface area contributed by atoms with E-state index in [1.807, 2.05) is 50.6 Å². The molecule has 41 heavy (non-hydrogen) atoms. The van der Waals surface area contributed by atoms with Crippen molar-refractivity contribution >= 4 is 11.0 Å². The van der Waals surface area contributed by atoms with Crippen LogP contribution in [0.25, 0.3) is 11.0 Å². The number of rotatable bonds is 4. The number of aromatic nitrogens is 5. The molecule has 6 nitrogen and oxygen atoms in total. The van der Waals surface area contributed by atoms with Gasteiger partial charge in [-0.25, -0.2) is 9.97 Å². The lowest BCUT2D eigenvalue weighted by Gasteiger charge is -2.03. The number of furan rings is 1. The van der Waals surface area contributed by atoms with Gasteiger partial charge in [0.15, 0.2) is 0 Å². The molecule has 0 aliphatic rings. The van der Waals surface area contributed by atoms with Crippen molar-refractivity contribution in [2.75, 3.05) is 0 Å². The molecule has 0 unspecified atom stereocenters. The monoisotopic (exact) mass is 553 g/mol. The SMILES string of the molecule is CC(C)c1cc2cnccc2o1.CC(C)c1ccncn1.Cc1cc(C(C)C)ccn1.Cc1cc(C(C)C)ccn1. The van der Waals surface area contributed by atoms with Crippen LogP contribution < -0.4 is 0 Å². The molecule has 218 valence electrons. The Morgan fingerprint density at radius 2 is 1.12 bits per heavy atom. The summed E-state index contributed by atoms with van der Waals surface area (Å²) in [5, 5.41) is 1.08. The third kappa shape index (κ3) is 12.0. The second-order valence-electron chi connectivity index (χ2n) is 11.3. The highest BCUT2D eigenvalue weighted by molar-refractivity contribution is 5.76. The van der Waals surface area contributed by atoms with Crippen LogP contribution in [-0.2, 0) is 0 Å². The lowest BCUT2D eigenvalue weighted by atomic mass is 10.0. The Morgan fingerprint density at radius 1 is 0.561 bits per heavy atom. The van der Waals surface area contributed by atoms with E-state index in [-0.39, 0.29) is 0 Å². The molecular formula is C35H47N5O. The maximum absolute atomic E-state index is 5.59. The summed E-state index contributed by atoms with van der Waals surface area (Å²) >= 11 is 0. The highest BCUT2D eigenvalue weighted by Gasteiger charge is 2.06. The minimum absolute atomic E-state index is 0.442. The zero-order valence-corrected chi connectivity index (χ0v) is 26.5. The molecule has 5 aromatic heterocycles. The Balaban J connectivity index is 0.000000192. The van der Waals surface area contributed by atoms with Crippen molar-refractivity contribution in [3.05, 3.63) is 114 Å². The first-order valence-electron chi connectivity index (χ1n) is 14.4. The summed E-state index contributed by atoms with van der Waals surface area (Å²) in [6.07, 6.45) is 10.6. The van der Waals surface area contributed by atoms with Crippen molar-refractivity contribution in [2.45, 2.75) is 92.9 Å².